The summed E-state index contributed by atoms with van der Waals surface area (Å²) in [5, 5.41) is 6.02. The highest BCUT2D eigenvalue weighted by Gasteiger charge is 2.10. The summed E-state index contributed by atoms with van der Waals surface area (Å²) in [5.74, 6) is 0. The Bertz CT molecular complexity index is 519. The third kappa shape index (κ3) is 1.70. The summed E-state index contributed by atoms with van der Waals surface area (Å²) in [5.41, 5.74) is 10.6. The number of nitrogens with two attached hydrogens (primary N) is 1. The van der Waals surface area contributed by atoms with E-state index in [0.717, 1.165) is 25.2 Å². The van der Waals surface area contributed by atoms with Crippen molar-refractivity contribution in [3.63, 3.8) is 0 Å². The molecule has 1 aromatic heterocycles. The molecule has 16 heavy (non-hydrogen) atoms. The first-order valence-corrected chi connectivity index (χ1v) is 6.25. The Morgan fingerprint density at radius 2 is 2.25 bits per heavy atom. The monoisotopic (exact) mass is 231 g/mol. The average Bonchev–Trinajstić information content (AvgIpc) is 2.75. The molecule has 4 heteroatoms. The van der Waals surface area contributed by atoms with Crippen LogP contribution in [0.2, 0.25) is 0 Å². The van der Waals surface area contributed by atoms with Gasteiger partial charge >= 0.3 is 0 Å². The van der Waals surface area contributed by atoms with E-state index in [1.165, 1.54) is 28.0 Å². The Morgan fingerprint density at radius 1 is 1.31 bits per heavy atom. The fraction of sp³-hybridized carbons (Fsp3) is 0.250. The van der Waals surface area contributed by atoms with E-state index < -0.39 is 0 Å². The first-order chi connectivity index (χ1) is 7.83. The summed E-state index contributed by atoms with van der Waals surface area (Å²) in [6.45, 7) is 2.05. The van der Waals surface area contributed by atoms with Crippen molar-refractivity contribution in [3.05, 3.63) is 34.7 Å². The Morgan fingerprint density at radius 3 is 3.06 bits per heavy atom. The molecule has 2 heterocycles. The molecule has 3 nitrogen and oxygen atoms in total. The van der Waals surface area contributed by atoms with Gasteiger partial charge in [0.15, 0.2) is 5.13 Å². The van der Waals surface area contributed by atoms with Crippen LogP contribution in [0.15, 0.2) is 23.6 Å². The SMILES string of the molecule is Nc1nc(-c2ccc3c(c2)CCNC3)cs1. The van der Waals surface area contributed by atoms with Crippen LogP contribution in [-0.2, 0) is 13.0 Å². The van der Waals surface area contributed by atoms with Crippen molar-refractivity contribution in [2.45, 2.75) is 13.0 Å². The Kier molecular flexibility index (Phi) is 2.38. The molecule has 1 aliphatic rings. The minimum atomic E-state index is 0.634. The summed E-state index contributed by atoms with van der Waals surface area (Å²) >= 11 is 1.49. The lowest BCUT2D eigenvalue weighted by Gasteiger charge is -2.17. The third-order valence-corrected chi connectivity index (χ3v) is 3.58. The van der Waals surface area contributed by atoms with Crippen molar-refractivity contribution in [3.8, 4) is 11.3 Å². The molecule has 2 aromatic rings. The number of anilines is 1. The number of nitrogen functional groups attached to an aromatic ring is 1. The first-order valence-electron chi connectivity index (χ1n) is 5.37. The smallest absolute Gasteiger partial charge is 0.180 e. The van der Waals surface area contributed by atoms with E-state index in [4.69, 9.17) is 5.73 Å². The second kappa shape index (κ2) is 3.88. The van der Waals surface area contributed by atoms with Crippen LogP contribution in [-0.4, -0.2) is 11.5 Å². The lowest BCUT2D eigenvalue weighted by molar-refractivity contribution is 0.644. The highest BCUT2D eigenvalue weighted by Crippen LogP contribution is 2.26. The fourth-order valence-corrected chi connectivity index (χ4v) is 2.63. The predicted molar refractivity (Wildman–Crippen MR) is 67.4 cm³/mol. The number of rotatable bonds is 1. The van der Waals surface area contributed by atoms with Gasteiger partial charge in [0.05, 0.1) is 5.69 Å². The van der Waals surface area contributed by atoms with E-state index in [1.807, 2.05) is 5.38 Å². The number of thiazole rings is 1. The van der Waals surface area contributed by atoms with E-state index in [2.05, 4.69) is 28.5 Å². The lowest BCUT2D eigenvalue weighted by Crippen LogP contribution is -2.23. The minimum absolute atomic E-state index is 0.634. The quantitative estimate of drug-likeness (QED) is 0.789. The molecule has 0 saturated carbocycles. The normalized spacial score (nSPS) is 14.8. The van der Waals surface area contributed by atoms with Crippen molar-refractivity contribution < 1.29 is 0 Å². The van der Waals surface area contributed by atoms with E-state index in [9.17, 15) is 0 Å². The van der Waals surface area contributed by atoms with E-state index in [-0.39, 0.29) is 0 Å². The third-order valence-electron chi connectivity index (χ3n) is 2.91. The van der Waals surface area contributed by atoms with Crippen molar-refractivity contribution >= 4 is 16.5 Å². The first kappa shape index (κ1) is 9.81. The molecule has 0 amide bonds. The zero-order chi connectivity index (χ0) is 11.0. The number of nitrogens with zero attached hydrogens (tertiary/aromatic N) is 1. The molecule has 3 rings (SSSR count). The lowest BCUT2D eigenvalue weighted by atomic mass is 9.98. The molecule has 1 aromatic carbocycles. The molecule has 0 fully saturated rings. The molecule has 0 bridgehead atoms. The van der Waals surface area contributed by atoms with Crippen molar-refractivity contribution in [2.75, 3.05) is 12.3 Å². The Labute approximate surface area is 98.3 Å². The number of hydrogen-bond donors (Lipinski definition) is 2. The molecule has 1 aliphatic heterocycles. The number of benzene rings is 1. The molecule has 0 atom stereocenters. The maximum Gasteiger partial charge on any atom is 0.180 e. The predicted octanol–water partition coefficient (Wildman–Crippen LogP) is 2.04. The highest BCUT2D eigenvalue weighted by molar-refractivity contribution is 7.13. The summed E-state index contributed by atoms with van der Waals surface area (Å²) < 4.78 is 0. The Hall–Kier alpha value is -1.39. The van der Waals surface area contributed by atoms with Crippen LogP contribution >= 0.6 is 11.3 Å². The largest absolute Gasteiger partial charge is 0.375 e. The average molecular weight is 231 g/mol. The topological polar surface area (TPSA) is 50.9 Å². The van der Waals surface area contributed by atoms with Gasteiger partial charge in [0.1, 0.15) is 0 Å². The van der Waals surface area contributed by atoms with Crippen molar-refractivity contribution in [2.24, 2.45) is 0 Å². The van der Waals surface area contributed by atoms with Gasteiger partial charge < -0.3 is 11.1 Å². The van der Waals surface area contributed by atoms with Gasteiger partial charge in [0.2, 0.25) is 0 Å². The van der Waals surface area contributed by atoms with Crippen LogP contribution in [0.5, 0.6) is 0 Å². The number of hydrogen-bond acceptors (Lipinski definition) is 4. The zero-order valence-electron chi connectivity index (χ0n) is 8.86. The van der Waals surface area contributed by atoms with Crippen LogP contribution in [0.3, 0.4) is 0 Å². The van der Waals surface area contributed by atoms with Crippen LogP contribution in [0.1, 0.15) is 11.1 Å². The van der Waals surface area contributed by atoms with Crippen LogP contribution < -0.4 is 11.1 Å². The molecule has 0 saturated heterocycles. The van der Waals surface area contributed by atoms with Gasteiger partial charge in [-0.05, 0) is 30.2 Å². The summed E-state index contributed by atoms with van der Waals surface area (Å²) in [7, 11) is 0. The van der Waals surface area contributed by atoms with Gasteiger partial charge in [-0.1, -0.05) is 12.1 Å². The molecular formula is C12H13N3S. The van der Waals surface area contributed by atoms with Gasteiger partial charge in [0, 0.05) is 17.5 Å². The molecular weight excluding hydrogens is 218 g/mol. The molecule has 0 unspecified atom stereocenters. The van der Waals surface area contributed by atoms with Crippen LogP contribution in [0.4, 0.5) is 5.13 Å². The van der Waals surface area contributed by atoms with Crippen molar-refractivity contribution in [1.82, 2.24) is 10.3 Å². The zero-order valence-corrected chi connectivity index (χ0v) is 9.68. The van der Waals surface area contributed by atoms with Crippen LogP contribution in [0, 0.1) is 0 Å². The number of aromatic nitrogens is 1. The van der Waals surface area contributed by atoms with E-state index >= 15 is 0 Å². The molecule has 0 spiro atoms. The highest BCUT2D eigenvalue weighted by atomic mass is 32.1. The minimum Gasteiger partial charge on any atom is -0.375 e. The molecule has 3 N–H and O–H groups in total. The second-order valence-corrected chi connectivity index (χ2v) is 4.87. The van der Waals surface area contributed by atoms with Gasteiger partial charge in [-0.3, -0.25) is 0 Å². The van der Waals surface area contributed by atoms with Gasteiger partial charge in [-0.15, -0.1) is 11.3 Å². The number of fused-ring (bicyclic) bond motifs is 1. The second-order valence-electron chi connectivity index (χ2n) is 3.98. The molecule has 82 valence electrons. The molecule has 0 radical (unpaired) electrons. The van der Waals surface area contributed by atoms with Gasteiger partial charge in [0.25, 0.3) is 0 Å². The van der Waals surface area contributed by atoms with E-state index in [0.29, 0.717) is 5.13 Å². The number of nitrogens with one attached hydrogen (secondary N) is 1. The van der Waals surface area contributed by atoms with E-state index in [1.54, 1.807) is 0 Å². The van der Waals surface area contributed by atoms with Crippen molar-refractivity contribution in [1.29, 1.82) is 0 Å². The standard InChI is InChI=1S/C12H13N3S/c13-12-15-11(7-16-12)9-1-2-10-6-14-4-3-8(10)5-9/h1-2,5,7,14H,3-4,6H2,(H2,13,15). The summed E-state index contributed by atoms with van der Waals surface area (Å²) in [6, 6.07) is 6.55. The maximum atomic E-state index is 5.65. The Balaban J connectivity index is 2.02. The van der Waals surface area contributed by atoms with Crippen LogP contribution in [0.25, 0.3) is 11.3 Å². The van der Waals surface area contributed by atoms with Gasteiger partial charge in [-0.25, -0.2) is 4.98 Å². The summed E-state index contributed by atoms with van der Waals surface area (Å²) in [6.07, 6.45) is 1.10. The maximum absolute atomic E-state index is 5.65. The fourth-order valence-electron chi connectivity index (χ4n) is 2.06. The molecule has 0 aliphatic carbocycles. The van der Waals surface area contributed by atoms with Gasteiger partial charge in [-0.2, -0.15) is 0 Å². The summed E-state index contributed by atoms with van der Waals surface area (Å²) in [4.78, 5) is 4.31.